The fraction of sp³-hybridized carbons (Fsp3) is 0.0769. The Bertz CT molecular complexity index is 1140. The van der Waals surface area contributed by atoms with Gasteiger partial charge in [-0.15, -0.1) is 0 Å². The highest BCUT2D eigenvalue weighted by atomic mass is 14.2. The molecule has 1 aliphatic rings. The third-order valence-electron chi connectivity index (χ3n) is 5.40. The fourth-order valence-corrected chi connectivity index (χ4v) is 4.02. The molecule has 0 amide bonds. The second-order valence-electron chi connectivity index (χ2n) is 7.12. The summed E-state index contributed by atoms with van der Waals surface area (Å²) in [6, 6.07) is 30.9. The summed E-state index contributed by atoms with van der Waals surface area (Å²) >= 11 is 0. The van der Waals surface area contributed by atoms with E-state index >= 15 is 0 Å². The Hall–Kier alpha value is -3.12. The Morgan fingerprint density at radius 3 is 2.27 bits per heavy atom. The molecule has 0 saturated carbocycles. The van der Waals surface area contributed by atoms with Crippen molar-refractivity contribution in [2.45, 2.75) is 13.3 Å². The maximum atomic E-state index is 2.39. The highest BCUT2D eigenvalue weighted by Gasteiger charge is 2.18. The standard InChI is InChI=1S/C26H20/c1-18-12-14-19(15-13-18)22-16-21-8-5-11-25(26(21)17-22)24-10-4-7-20-6-2-3-9-23(20)24/h2-15,17H,16H2,1H3. The van der Waals surface area contributed by atoms with Crippen LogP contribution in [0.15, 0.2) is 84.9 Å². The molecule has 0 atom stereocenters. The molecule has 0 bridgehead atoms. The maximum Gasteiger partial charge on any atom is -0.00135 e. The molecule has 0 radical (unpaired) electrons. The lowest BCUT2D eigenvalue weighted by atomic mass is 9.93. The monoisotopic (exact) mass is 332 g/mol. The van der Waals surface area contributed by atoms with Crippen molar-refractivity contribution < 1.29 is 0 Å². The van der Waals surface area contributed by atoms with Gasteiger partial charge in [-0.3, -0.25) is 0 Å². The van der Waals surface area contributed by atoms with E-state index in [0.29, 0.717) is 0 Å². The molecule has 0 nitrogen and oxygen atoms in total. The molecule has 0 N–H and O–H groups in total. The third-order valence-corrected chi connectivity index (χ3v) is 5.40. The van der Waals surface area contributed by atoms with E-state index in [-0.39, 0.29) is 0 Å². The van der Waals surface area contributed by atoms with Crippen molar-refractivity contribution in [3.8, 4) is 11.1 Å². The summed E-state index contributed by atoms with van der Waals surface area (Å²) in [6.45, 7) is 2.14. The van der Waals surface area contributed by atoms with E-state index in [9.17, 15) is 0 Å². The van der Waals surface area contributed by atoms with Gasteiger partial charge in [-0.2, -0.15) is 0 Å². The highest BCUT2D eigenvalue weighted by molar-refractivity contribution is 6.01. The number of allylic oxidation sites excluding steroid dienone is 1. The normalized spacial score (nSPS) is 12.9. The van der Waals surface area contributed by atoms with Gasteiger partial charge in [0.15, 0.2) is 0 Å². The predicted octanol–water partition coefficient (Wildman–Crippen LogP) is 6.91. The summed E-state index contributed by atoms with van der Waals surface area (Å²) in [6.07, 6.45) is 3.40. The zero-order valence-electron chi connectivity index (χ0n) is 14.9. The molecule has 1 aliphatic carbocycles. The molecular formula is C26H20. The van der Waals surface area contributed by atoms with Crippen LogP contribution in [0, 0.1) is 6.92 Å². The van der Waals surface area contributed by atoms with Crippen LogP contribution in [0.25, 0.3) is 33.5 Å². The SMILES string of the molecule is Cc1ccc(C2=Cc3c(cccc3-c3cccc4ccccc34)C2)cc1. The molecule has 4 aromatic carbocycles. The Kier molecular flexibility index (Phi) is 3.50. The summed E-state index contributed by atoms with van der Waals surface area (Å²) in [4.78, 5) is 0. The van der Waals surface area contributed by atoms with Crippen molar-refractivity contribution >= 4 is 22.4 Å². The average molecular weight is 332 g/mol. The second-order valence-corrected chi connectivity index (χ2v) is 7.12. The quantitative estimate of drug-likeness (QED) is 0.374. The fourth-order valence-electron chi connectivity index (χ4n) is 4.02. The molecule has 0 spiro atoms. The summed E-state index contributed by atoms with van der Waals surface area (Å²) in [5.41, 5.74) is 9.50. The first-order chi connectivity index (χ1) is 12.8. The van der Waals surface area contributed by atoms with Crippen LogP contribution in [-0.4, -0.2) is 0 Å². The minimum absolute atomic E-state index is 1.01. The average Bonchev–Trinajstić information content (AvgIpc) is 3.12. The Morgan fingerprint density at radius 1 is 0.654 bits per heavy atom. The summed E-state index contributed by atoms with van der Waals surface area (Å²) < 4.78 is 0. The van der Waals surface area contributed by atoms with E-state index in [1.807, 2.05) is 0 Å². The summed E-state index contributed by atoms with van der Waals surface area (Å²) in [5, 5.41) is 2.61. The number of rotatable bonds is 2. The minimum atomic E-state index is 1.01. The van der Waals surface area contributed by atoms with Crippen LogP contribution in [0.4, 0.5) is 0 Å². The second kappa shape index (κ2) is 6.00. The van der Waals surface area contributed by atoms with E-state index in [1.165, 1.54) is 49.7 Å². The minimum Gasteiger partial charge on any atom is -0.0616 e. The zero-order valence-corrected chi connectivity index (χ0v) is 14.9. The van der Waals surface area contributed by atoms with Crippen LogP contribution < -0.4 is 0 Å². The van der Waals surface area contributed by atoms with Crippen LogP contribution in [0.3, 0.4) is 0 Å². The van der Waals surface area contributed by atoms with Gasteiger partial charge in [0, 0.05) is 0 Å². The largest absolute Gasteiger partial charge is 0.0616 e. The number of aryl methyl sites for hydroxylation is 1. The molecule has 0 heteroatoms. The molecule has 124 valence electrons. The summed E-state index contributed by atoms with van der Waals surface area (Å²) in [5.74, 6) is 0. The van der Waals surface area contributed by atoms with Gasteiger partial charge in [0.2, 0.25) is 0 Å². The van der Waals surface area contributed by atoms with Crippen molar-refractivity contribution in [2.24, 2.45) is 0 Å². The van der Waals surface area contributed by atoms with Crippen LogP contribution in [0.1, 0.15) is 22.3 Å². The molecular weight excluding hydrogens is 312 g/mol. The van der Waals surface area contributed by atoms with Gasteiger partial charge in [-0.25, -0.2) is 0 Å². The number of hydrogen-bond donors (Lipinski definition) is 0. The van der Waals surface area contributed by atoms with Crippen LogP contribution >= 0.6 is 0 Å². The van der Waals surface area contributed by atoms with Crippen molar-refractivity contribution in [2.75, 3.05) is 0 Å². The molecule has 0 fully saturated rings. The van der Waals surface area contributed by atoms with E-state index < -0.39 is 0 Å². The third kappa shape index (κ3) is 2.46. The smallest absolute Gasteiger partial charge is 0.00135 e. The van der Waals surface area contributed by atoms with Gasteiger partial charge in [-0.1, -0.05) is 90.5 Å². The molecule has 0 aliphatic heterocycles. The lowest BCUT2D eigenvalue weighted by molar-refractivity contribution is 1.31. The van der Waals surface area contributed by atoms with E-state index in [4.69, 9.17) is 0 Å². The highest BCUT2D eigenvalue weighted by Crippen LogP contribution is 2.39. The van der Waals surface area contributed by atoms with Gasteiger partial charge in [0.05, 0.1) is 0 Å². The molecule has 4 aromatic rings. The molecule has 0 unspecified atom stereocenters. The molecule has 0 aromatic heterocycles. The topological polar surface area (TPSA) is 0 Å². The summed E-state index contributed by atoms with van der Waals surface area (Å²) in [7, 11) is 0. The maximum absolute atomic E-state index is 2.39. The first-order valence-corrected chi connectivity index (χ1v) is 9.17. The lowest BCUT2D eigenvalue weighted by Gasteiger charge is -2.11. The first kappa shape index (κ1) is 15.2. The Balaban J connectivity index is 1.68. The number of fused-ring (bicyclic) bond motifs is 2. The van der Waals surface area contributed by atoms with Crippen molar-refractivity contribution in [3.05, 3.63) is 107 Å². The molecule has 26 heavy (non-hydrogen) atoms. The van der Waals surface area contributed by atoms with Gasteiger partial charge >= 0.3 is 0 Å². The molecule has 0 saturated heterocycles. The van der Waals surface area contributed by atoms with Crippen molar-refractivity contribution in [1.82, 2.24) is 0 Å². The first-order valence-electron chi connectivity index (χ1n) is 9.17. The van der Waals surface area contributed by atoms with Crippen LogP contribution in [0.2, 0.25) is 0 Å². The van der Waals surface area contributed by atoms with Crippen molar-refractivity contribution in [3.63, 3.8) is 0 Å². The molecule has 0 heterocycles. The van der Waals surface area contributed by atoms with E-state index in [2.05, 4.69) is 97.9 Å². The Morgan fingerprint density at radius 2 is 1.38 bits per heavy atom. The van der Waals surface area contributed by atoms with Gasteiger partial charge in [0.1, 0.15) is 0 Å². The predicted molar refractivity (Wildman–Crippen MR) is 112 cm³/mol. The van der Waals surface area contributed by atoms with Crippen molar-refractivity contribution in [1.29, 1.82) is 0 Å². The number of hydrogen-bond acceptors (Lipinski definition) is 0. The van der Waals surface area contributed by atoms with E-state index in [1.54, 1.807) is 0 Å². The van der Waals surface area contributed by atoms with Gasteiger partial charge in [-0.05, 0) is 63.6 Å². The molecule has 5 rings (SSSR count). The lowest BCUT2D eigenvalue weighted by Crippen LogP contribution is -1.89. The van der Waals surface area contributed by atoms with E-state index in [0.717, 1.165) is 6.42 Å². The van der Waals surface area contributed by atoms with Gasteiger partial charge < -0.3 is 0 Å². The zero-order chi connectivity index (χ0) is 17.5. The number of benzene rings is 4. The van der Waals surface area contributed by atoms with Crippen LogP contribution in [0.5, 0.6) is 0 Å². The van der Waals surface area contributed by atoms with Crippen LogP contribution in [-0.2, 0) is 6.42 Å². The van der Waals surface area contributed by atoms with Gasteiger partial charge in [0.25, 0.3) is 0 Å². The Labute approximate surface area is 154 Å².